The van der Waals surface area contributed by atoms with Gasteiger partial charge >= 0.3 is 0 Å². The molecular weight excluding hydrogens is 499 g/mol. The summed E-state index contributed by atoms with van der Waals surface area (Å²) >= 11 is 2.31. The standard InChI is InChI=1S/C27H17IO3/c28-18-7-1-17(2-8-18)25-26-21-13-19(29)9-3-15(21)5-11-23(26)31-24-12-6-16-4-10-20(30)14-22(16)27(24)25/h1-14,25,29-30H. The van der Waals surface area contributed by atoms with E-state index in [1.54, 1.807) is 12.1 Å². The Kier molecular flexibility index (Phi) is 4.11. The predicted molar refractivity (Wildman–Crippen MR) is 131 cm³/mol. The molecule has 1 heterocycles. The van der Waals surface area contributed by atoms with Gasteiger partial charge in [-0.3, -0.25) is 0 Å². The lowest BCUT2D eigenvalue weighted by Gasteiger charge is -2.31. The molecule has 5 aromatic carbocycles. The second kappa shape index (κ2) is 6.89. The van der Waals surface area contributed by atoms with Crippen LogP contribution >= 0.6 is 22.6 Å². The molecule has 4 heteroatoms. The predicted octanol–water partition coefficient (Wildman–Crippen LogP) is 7.29. The fourth-order valence-electron chi connectivity index (χ4n) is 4.65. The Morgan fingerprint density at radius 2 is 1.10 bits per heavy atom. The molecule has 0 atom stereocenters. The highest BCUT2D eigenvalue weighted by Gasteiger charge is 2.32. The summed E-state index contributed by atoms with van der Waals surface area (Å²) in [7, 11) is 0. The first-order valence-corrected chi connectivity index (χ1v) is 11.1. The molecule has 0 aliphatic carbocycles. The number of fused-ring (bicyclic) bond motifs is 6. The molecule has 0 unspecified atom stereocenters. The maximum absolute atomic E-state index is 10.3. The number of phenolic OH excluding ortho intramolecular Hbond substituents is 2. The van der Waals surface area contributed by atoms with Crippen LogP contribution in [0, 0.1) is 3.57 Å². The average molecular weight is 516 g/mol. The van der Waals surface area contributed by atoms with Crippen LogP contribution < -0.4 is 4.74 Å². The van der Waals surface area contributed by atoms with Crippen molar-refractivity contribution >= 4 is 44.1 Å². The number of ether oxygens (including phenoxy) is 1. The Morgan fingerprint density at radius 3 is 1.61 bits per heavy atom. The largest absolute Gasteiger partial charge is 0.508 e. The molecule has 5 aromatic rings. The summed E-state index contributed by atoms with van der Waals surface area (Å²) in [4.78, 5) is 0. The van der Waals surface area contributed by atoms with Gasteiger partial charge < -0.3 is 14.9 Å². The van der Waals surface area contributed by atoms with E-state index >= 15 is 0 Å². The van der Waals surface area contributed by atoms with Crippen molar-refractivity contribution in [2.45, 2.75) is 5.92 Å². The Labute approximate surface area is 192 Å². The topological polar surface area (TPSA) is 49.7 Å². The summed E-state index contributed by atoms with van der Waals surface area (Å²) < 4.78 is 7.55. The zero-order chi connectivity index (χ0) is 21.1. The first-order chi connectivity index (χ1) is 15.1. The minimum atomic E-state index is -0.105. The Hall–Kier alpha value is -3.25. The van der Waals surface area contributed by atoms with Gasteiger partial charge in [-0.25, -0.2) is 0 Å². The maximum Gasteiger partial charge on any atom is 0.132 e. The van der Waals surface area contributed by atoms with Gasteiger partial charge in [0, 0.05) is 20.6 Å². The van der Waals surface area contributed by atoms with Gasteiger partial charge in [0.1, 0.15) is 23.0 Å². The quantitative estimate of drug-likeness (QED) is 0.226. The number of rotatable bonds is 1. The highest BCUT2D eigenvalue weighted by molar-refractivity contribution is 14.1. The lowest BCUT2D eigenvalue weighted by molar-refractivity contribution is 0.455. The molecule has 0 saturated heterocycles. The lowest BCUT2D eigenvalue weighted by atomic mass is 9.78. The lowest BCUT2D eigenvalue weighted by Crippen LogP contribution is -2.13. The van der Waals surface area contributed by atoms with Gasteiger partial charge in [-0.2, -0.15) is 0 Å². The van der Waals surface area contributed by atoms with Crippen LogP contribution in [0.4, 0.5) is 0 Å². The van der Waals surface area contributed by atoms with E-state index in [9.17, 15) is 10.2 Å². The van der Waals surface area contributed by atoms with Crippen LogP contribution in [0.3, 0.4) is 0 Å². The Morgan fingerprint density at radius 1 is 0.613 bits per heavy atom. The average Bonchev–Trinajstić information content (AvgIpc) is 2.78. The van der Waals surface area contributed by atoms with Gasteiger partial charge in [0.05, 0.1) is 0 Å². The van der Waals surface area contributed by atoms with Crippen LogP contribution in [0.15, 0.2) is 84.9 Å². The molecule has 6 rings (SSSR count). The highest BCUT2D eigenvalue weighted by atomic mass is 127. The van der Waals surface area contributed by atoms with Crippen LogP contribution in [0.5, 0.6) is 23.0 Å². The second-order valence-corrected chi connectivity index (χ2v) is 9.10. The number of hydrogen-bond donors (Lipinski definition) is 2. The number of benzene rings is 5. The number of halogens is 1. The monoisotopic (exact) mass is 516 g/mol. The zero-order valence-electron chi connectivity index (χ0n) is 16.3. The maximum atomic E-state index is 10.3. The summed E-state index contributed by atoms with van der Waals surface area (Å²) in [6.07, 6.45) is 0. The number of phenols is 2. The molecule has 0 bridgehead atoms. The minimum Gasteiger partial charge on any atom is -0.508 e. The van der Waals surface area contributed by atoms with E-state index in [2.05, 4.69) is 46.9 Å². The molecule has 1 aliphatic rings. The van der Waals surface area contributed by atoms with E-state index in [4.69, 9.17) is 4.74 Å². The van der Waals surface area contributed by atoms with Gasteiger partial charge in [0.25, 0.3) is 0 Å². The van der Waals surface area contributed by atoms with E-state index in [0.717, 1.165) is 49.7 Å². The second-order valence-electron chi connectivity index (χ2n) is 7.85. The van der Waals surface area contributed by atoms with Crippen LogP contribution in [0.25, 0.3) is 21.5 Å². The van der Waals surface area contributed by atoms with Gasteiger partial charge in [-0.15, -0.1) is 0 Å². The number of hydrogen-bond acceptors (Lipinski definition) is 3. The third-order valence-corrected chi connectivity index (χ3v) is 6.73. The summed E-state index contributed by atoms with van der Waals surface area (Å²) in [5.41, 5.74) is 3.19. The molecule has 2 N–H and O–H groups in total. The molecular formula is C27H17IO3. The van der Waals surface area contributed by atoms with Gasteiger partial charge in [-0.1, -0.05) is 36.4 Å². The van der Waals surface area contributed by atoms with E-state index in [-0.39, 0.29) is 17.4 Å². The summed E-state index contributed by atoms with van der Waals surface area (Å²) in [5.74, 6) is 1.92. The molecule has 0 spiro atoms. The van der Waals surface area contributed by atoms with Crippen molar-refractivity contribution in [3.63, 3.8) is 0 Å². The molecule has 0 radical (unpaired) electrons. The number of aromatic hydroxyl groups is 2. The van der Waals surface area contributed by atoms with Crippen LogP contribution in [0.1, 0.15) is 22.6 Å². The molecule has 0 saturated carbocycles. The summed E-state index contributed by atoms with van der Waals surface area (Å²) in [6.45, 7) is 0. The molecule has 3 nitrogen and oxygen atoms in total. The smallest absolute Gasteiger partial charge is 0.132 e. The highest BCUT2D eigenvalue weighted by Crippen LogP contribution is 2.52. The van der Waals surface area contributed by atoms with Crippen LogP contribution in [-0.4, -0.2) is 10.2 Å². The molecule has 0 fully saturated rings. The van der Waals surface area contributed by atoms with Crippen LogP contribution in [0.2, 0.25) is 0 Å². The van der Waals surface area contributed by atoms with Gasteiger partial charge in [0.15, 0.2) is 0 Å². The third kappa shape index (κ3) is 2.93. The molecule has 0 amide bonds. The first kappa shape index (κ1) is 18.5. The Balaban J connectivity index is 1.76. The summed E-state index contributed by atoms with van der Waals surface area (Å²) in [5, 5.41) is 24.5. The first-order valence-electron chi connectivity index (χ1n) is 10.0. The fraction of sp³-hybridized carbons (Fsp3) is 0.0370. The molecule has 150 valence electrons. The van der Waals surface area contributed by atoms with Crippen molar-refractivity contribution in [2.75, 3.05) is 0 Å². The zero-order valence-corrected chi connectivity index (χ0v) is 18.5. The normalized spacial score (nSPS) is 13.1. The Bertz CT molecular complexity index is 1400. The van der Waals surface area contributed by atoms with Crippen LogP contribution in [-0.2, 0) is 0 Å². The van der Waals surface area contributed by atoms with Crippen molar-refractivity contribution in [1.82, 2.24) is 0 Å². The van der Waals surface area contributed by atoms with E-state index in [0.29, 0.717) is 0 Å². The van der Waals surface area contributed by atoms with Gasteiger partial charge in [0.2, 0.25) is 0 Å². The van der Waals surface area contributed by atoms with Crippen molar-refractivity contribution in [3.8, 4) is 23.0 Å². The SMILES string of the molecule is Oc1ccc2ccc3c(c2c1)C(c1ccc(I)cc1)c1c(ccc2ccc(O)cc12)O3. The van der Waals surface area contributed by atoms with Crippen molar-refractivity contribution in [3.05, 3.63) is 105 Å². The van der Waals surface area contributed by atoms with Crippen molar-refractivity contribution < 1.29 is 14.9 Å². The molecule has 31 heavy (non-hydrogen) atoms. The molecule has 0 aromatic heterocycles. The fourth-order valence-corrected chi connectivity index (χ4v) is 5.01. The summed E-state index contributed by atoms with van der Waals surface area (Å²) in [6, 6.07) is 27.5. The molecule has 1 aliphatic heterocycles. The van der Waals surface area contributed by atoms with E-state index < -0.39 is 0 Å². The third-order valence-electron chi connectivity index (χ3n) is 6.01. The van der Waals surface area contributed by atoms with Crippen molar-refractivity contribution in [1.29, 1.82) is 0 Å². The van der Waals surface area contributed by atoms with Crippen molar-refractivity contribution in [2.24, 2.45) is 0 Å². The van der Waals surface area contributed by atoms with E-state index in [1.807, 2.05) is 48.5 Å². The van der Waals surface area contributed by atoms with E-state index in [1.165, 1.54) is 3.57 Å². The van der Waals surface area contributed by atoms with Gasteiger partial charge in [-0.05, 0) is 98.2 Å². The minimum absolute atomic E-state index is 0.105.